The molecule has 0 aliphatic carbocycles. The second kappa shape index (κ2) is 5.10. The maximum absolute atomic E-state index is 6.03. The van der Waals surface area contributed by atoms with Crippen LogP contribution >= 0.6 is 0 Å². The van der Waals surface area contributed by atoms with Crippen molar-refractivity contribution in [2.24, 2.45) is 5.73 Å². The predicted molar refractivity (Wildman–Crippen MR) is 72.9 cm³/mol. The highest BCUT2D eigenvalue weighted by Crippen LogP contribution is 2.23. The number of nitrogens with zero attached hydrogens (tertiary/aromatic N) is 4. The van der Waals surface area contributed by atoms with Crippen LogP contribution in [-0.4, -0.2) is 42.2 Å². The molecule has 1 unspecified atom stereocenters. The number of nitrogens with two attached hydrogens (primary N) is 1. The number of piperidine rings is 1. The summed E-state index contributed by atoms with van der Waals surface area (Å²) in [6.45, 7) is 4.21. The Hall–Kier alpha value is -1.36. The van der Waals surface area contributed by atoms with E-state index in [-0.39, 0.29) is 6.04 Å². The normalized spacial score (nSPS) is 24.6. The molecule has 1 aromatic heterocycles. The van der Waals surface area contributed by atoms with Crippen LogP contribution in [0, 0.1) is 0 Å². The minimum atomic E-state index is 0.281. The summed E-state index contributed by atoms with van der Waals surface area (Å²) in [6.07, 6.45) is 6.51. The van der Waals surface area contributed by atoms with Crippen molar-refractivity contribution in [3.63, 3.8) is 0 Å². The smallest absolute Gasteiger partial charge is 0.134 e. The second-order valence-corrected chi connectivity index (χ2v) is 5.28. The van der Waals surface area contributed by atoms with Crippen molar-refractivity contribution in [3.05, 3.63) is 12.4 Å². The summed E-state index contributed by atoms with van der Waals surface area (Å²) >= 11 is 0. The van der Waals surface area contributed by atoms with Crippen molar-refractivity contribution in [1.82, 2.24) is 9.97 Å². The highest BCUT2D eigenvalue weighted by Gasteiger charge is 2.20. The van der Waals surface area contributed by atoms with Gasteiger partial charge in [0.25, 0.3) is 0 Å². The van der Waals surface area contributed by atoms with E-state index in [0.29, 0.717) is 0 Å². The van der Waals surface area contributed by atoms with E-state index in [9.17, 15) is 0 Å². The van der Waals surface area contributed by atoms with E-state index in [4.69, 9.17) is 5.73 Å². The highest BCUT2D eigenvalue weighted by molar-refractivity contribution is 5.50. The lowest BCUT2D eigenvalue weighted by Gasteiger charge is -2.32. The Morgan fingerprint density at radius 2 is 1.67 bits per heavy atom. The van der Waals surface area contributed by atoms with Crippen LogP contribution in [-0.2, 0) is 0 Å². The van der Waals surface area contributed by atoms with Gasteiger partial charge in [-0.25, -0.2) is 9.97 Å². The first-order valence-corrected chi connectivity index (χ1v) is 6.90. The quantitative estimate of drug-likeness (QED) is 0.845. The maximum Gasteiger partial charge on any atom is 0.134 e. The fraction of sp³-hybridized carbons (Fsp3) is 0.692. The second-order valence-electron chi connectivity index (χ2n) is 5.28. The summed E-state index contributed by atoms with van der Waals surface area (Å²) in [5, 5.41) is 0. The largest absolute Gasteiger partial charge is 0.356 e. The summed E-state index contributed by atoms with van der Waals surface area (Å²) < 4.78 is 0. The van der Waals surface area contributed by atoms with Gasteiger partial charge in [0, 0.05) is 38.3 Å². The van der Waals surface area contributed by atoms with Crippen LogP contribution in [0.2, 0.25) is 0 Å². The SMILES string of the molecule is NC1CCCN(c2cc(N3CCCC3)ncn2)C1. The molecule has 2 N–H and O–H groups in total. The Morgan fingerprint density at radius 3 is 2.39 bits per heavy atom. The van der Waals surface area contributed by atoms with Gasteiger partial charge in [-0.05, 0) is 25.7 Å². The van der Waals surface area contributed by atoms with Crippen LogP contribution in [0.5, 0.6) is 0 Å². The van der Waals surface area contributed by atoms with E-state index in [1.54, 1.807) is 6.33 Å². The summed E-state index contributed by atoms with van der Waals surface area (Å²) in [5.41, 5.74) is 6.03. The van der Waals surface area contributed by atoms with E-state index in [1.807, 2.05) is 0 Å². The van der Waals surface area contributed by atoms with Gasteiger partial charge >= 0.3 is 0 Å². The molecular formula is C13H21N5. The Labute approximate surface area is 108 Å². The summed E-state index contributed by atoms with van der Waals surface area (Å²) in [5.74, 6) is 2.10. The molecule has 18 heavy (non-hydrogen) atoms. The molecular weight excluding hydrogens is 226 g/mol. The Morgan fingerprint density at radius 1 is 1.00 bits per heavy atom. The lowest BCUT2D eigenvalue weighted by Crippen LogP contribution is -2.43. The lowest BCUT2D eigenvalue weighted by molar-refractivity contribution is 0.503. The zero-order chi connectivity index (χ0) is 12.4. The molecule has 3 heterocycles. The number of hydrogen-bond acceptors (Lipinski definition) is 5. The first-order chi connectivity index (χ1) is 8.83. The molecule has 2 saturated heterocycles. The van der Waals surface area contributed by atoms with Gasteiger partial charge in [0.05, 0.1) is 0 Å². The summed E-state index contributed by atoms with van der Waals surface area (Å²) in [6, 6.07) is 2.40. The molecule has 5 heteroatoms. The predicted octanol–water partition coefficient (Wildman–Crippen LogP) is 1.00. The van der Waals surface area contributed by atoms with Gasteiger partial charge in [0.15, 0.2) is 0 Å². The van der Waals surface area contributed by atoms with Gasteiger partial charge in [-0.15, -0.1) is 0 Å². The molecule has 0 aromatic carbocycles. The number of rotatable bonds is 2. The lowest BCUT2D eigenvalue weighted by atomic mass is 10.1. The fourth-order valence-corrected chi connectivity index (χ4v) is 2.85. The minimum absolute atomic E-state index is 0.281. The van der Waals surface area contributed by atoms with Gasteiger partial charge in [0.1, 0.15) is 18.0 Å². The van der Waals surface area contributed by atoms with Crippen LogP contribution < -0.4 is 15.5 Å². The number of hydrogen-bond donors (Lipinski definition) is 1. The van der Waals surface area contributed by atoms with E-state index in [0.717, 1.165) is 50.7 Å². The zero-order valence-electron chi connectivity index (χ0n) is 10.8. The molecule has 0 amide bonds. The minimum Gasteiger partial charge on any atom is -0.356 e. The average molecular weight is 247 g/mol. The van der Waals surface area contributed by atoms with Gasteiger partial charge < -0.3 is 15.5 Å². The molecule has 1 atom stereocenters. The Bertz CT molecular complexity index is 402. The standard InChI is InChI=1S/C13H21N5/c14-11-4-3-7-18(9-11)13-8-12(15-10-16-13)17-5-1-2-6-17/h8,10-11H,1-7,9,14H2. The van der Waals surface area contributed by atoms with Crippen LogP contribution in [0.4, 0.5) is 11.6 Å². The van der Waals surface area contributed by atoms with E-state index in [2.05, 4.69) is 25.8 Å². The topological polar surface area (TPSA) is 58.3 Å². The van der Waals surface area contributed by atoms with Crippen LogP contribution in [0.25, 0.3) is 0 Å². The molecule has 2 aliphatic rings. The molecule has 3 rings (SSSR count). The molecule has 0 saturated carbocycles. The fourth-order valence-electron chi connectivity index (χ4n) is 2.85. The third-order valence-corrected chi connectivity index (χ3v) is 3.85. The molecule has 98 valence electrons. The van der Waals surface area contributed by atoms with Crippen LogP contribution in [0.15, 0.2) is 12.4 Å². The van der Waals surface area contributed by atoms with E-state index >= 15 is 0 Å². The first kappa shape index (κ1) is 11.7. The van der Waals surface area contributed by atoms with Crippen molar-refractivity contribution < 1.29 is 0 Å². The molecule has 2 aliphatic heterocycles. The van der Waals surface area contributed by atoms with Crippen molar-refractivity contribution >= 4 is 11.6 Å². The highest BCUT2D eigenvalue weighted by atomic mass is 15.2. The van der Waals surface area contributed by atoms with Crippen molar-refractivity contribution in [3.8, 4) is 0 Å². The van der Waals surface area contributed by atoms with Gasteiger partial charge in [-0.1, -0.05) is 0 Å². The third kappa shape index (κ3) is 2.41. The molecule has 0 radical (unpaired) electrons. The van der Waals surface area contributed by atoms with Crippen molar-refractivity contribution in [1.29, 1.82) is 0 Å². The van der Waals surface area contributed by atoms with E-state index in [1.165, 1.54) is 12.8 Å². The molecule has 0 bridgehead atoms. The van der Waals surface area contributed by atoms with Crippen molar-refractivity contribution in [2.75, 3.05) is 36.0 Å². The molecule has 5 nitrogen and oxygen atoms in total. The van der Waals surface area contributed by atoms with Crippen LogP contribution in [0.3, 0.4) is 0 Å². The molecule has 0 spiro atoms. The summed E-state index contributed by atoms with van der Waals surface area (Å²) in [4.78, 5) is 13.4. The van der Waals surface area contributed by atoms with E-state index < -0.39 is 0 Å². The third-order valence-electron chi connectivity index (χ3n) is 3.85. The Balaban J connectivity index is 1.77. The molecule has 2 fully saturated rings. The van der Waals surface area contributed by atoms with Gasteiger partial charge in [0.2, 0.25) is 0 Å². The summed E-state index contributed by atoms with van der Waals surface area (Å²) in [7, 11) is 0. The Kier molecular flexibility index (Phi) is 3.32. The average Bonchev–Trinajstić information content (AvgIpc) is 2.93. The molecule has 1 aromatic rings. The zero-order valence-corrected chi connectivity index (χ0v) is 10.8. The van der Waals surface area contributed by atoms with Gasteiger partial charge in [-0.2, -0.15) is 0 Å². The van der Waals surface area contributed by atoms with Crippen LogP contribution in [0.1, 0.15) is 25.7 Å². The monoisotopic (exact) mass is 247 g/mol. The first-order valence-electron chi connectivity index (χ1n) is 6.90. The number of anilines is 2. The maximum atomic E-state index is 6.03. The van der Waals surface area contributed by atoms with Crippen molar-refractivity contribution in [2.45, 2.75) is 31.7 Å². The van der Waals surface area contributed by atoms with Gasteiger partial charge in [-0.3, -0.25) is 0 Å². The number of aromatic nitrogens is 2.